The van der Waals surface area contributed by atoms with Crippen molar-refractivity contribution in [2.75, 3.05) is 0 Å². The summed E-state index contributed by atoms with van der Waals surface area (Å²) < 4.78 is 0. The highest BCUT2D eigenvalue weighted by atomic mass is 16.6. The van der Waals surface area contributed by atoms with Crippen molar-refractivity contribution in [1.82, 2.24) is 0 Å². The van der Waals surface area contributed by atoms with Crippen molar-refractivity contribution >= 4 is 5.71 Å². The molecule has 0 aromatic carbocycles. The van der Waals surface area contributed by atoms with E-state index in [0.29, 0.717) is 12.8 Å². The van der Waals surface area contributed by atoms with Crippen LogP contribution in [0.2, 0.25) is 0 Å². The molecule has 1 unspecified atom stereocenters. The molecule has 0 aromatic heterocycles. The van der Waals surface area contributed by atoms with Gasteiger partial charge in [0.2, 0.25) is 6.04 Å². The van der Waals surface area contributed by atoms with Crippen LogP contribution in [0.25, 0.3) is 0 Å². The van der Waals surface area contributed by atoms with Crippen molar-refractivity contribution in [2.45, 2.75) is 39.2 Å². The minimum atomic E-state index is -0.755. The molecule has 0 saturated carbocycles. The van der Waals surface area contributed by atoms with Crippen molar-refractivity contribution < 1.29 is 4.92 Å². The number of nitrogens with zero attached hydrogens (tertiary/aromatic N) is 1. The highest BCUT2D eigenvalue weighted by Gasteiger charge is 2.21. The normalized spacial score (nSPS) is 12.5. The fourth-order valence-corrected chi connectivity index (χ4v) is 0.959. The second kappa shape index (κ2) is 4.82. The van der Waals surface area contributed by atoms with E-state index < -0.39 is 6.04 Å². The molecular formula is C7H14N2O2. The first-order valence-electron chi connectivity index (χ1n) is 3.84. The van der Waals surface area contributed by atoms with Crippen molar-refractivity contribution in [2.24, 2.45) is 0 Å². The van der Waals surface area contributed by atoms with Gasteiger partial charge >= 0.3 is 0 Å². The van der Waals surface area contributed by atoms with Crippen LogP contribution in [0.1, 0.15) is 33.1 Å². The third kappa shape index (κ3) is 3.11. The summed E-state index contributed by atoms with van der Waals surface area (Å²) in [6, 6.07) is -0.755. The van der Waals surface area contributed by atoms with Gasteiger partial charge in [0.25, 0.3) is 0 Å². The van der Waals surface area contributed by atoms with Gasteiger partial charge in [-0.15, -0.1) is 0 Å². The maximum absolute atomic E-state index is 10.3. The van der Waals surface area contributed by atoms with Crippen LogP contribution in [0.5, 0.6) is 0 Å². The van der Waals surface area contributed by atoms with Crippen LogP contribution in [0.15, 0.2) is 0 Å². The second-order valence-corrected chi connectivity index (χ2v) is 2.48. The molecular weight excluding hydrogens is 144 g/mol. The zero-order valence-corrected chi connectivity index (χ0v) is 6.96. The topological polar surface area (TPSA) is 67.0 Å². The lowest BCUT2D eigenvalue weighted by molar-refractivity contribution is -0.503. The Morgan fingerprint density at radius 1 is 1.64 bits per heavy atom. The molecule has 0 aliphatic carbocycles. The van der Waals surface area contributed by atoms with Gasteiger partial charge in [0.05, 0.1) is 5.71 Å². The van der Waals surface area contributed by atoms with Gasteiger partial charge < -0.3 is 5.41 Å². The molecule has 0 radical (unpaired) electrons. The fraction of sp³-hybridized carbons (Fsp3) is 0.857. The average molecular weight is 158 g/mol. The molecule has 0 bridgehead atoms. The zero-order valence-electron chi connectivity index (χ0n) is 6.96. The Balaban J connectivity index is 4.03. The number of nitro groups is 1. The van der Waals surface area contributed by atoms with E-state index >= 15 is 0 Å². The van der Waals surface area contributed by atoms with Gasteiger partial charge in [-0.2, -0.15) is 0 Å². The Hall–Kier alpha value is -0.930. The van der Waals surface area contributed by atoms with Gasteiger partial charge in [0.1, 0.15) is 0 Å². The smallest absolute Gasteiger partial charge is 0.249 e. The van der Waals surface area contributed by atoms with Gasteiger partial charge in [0, 0.05) is 11.3 Å². The van der Waals surface area contributed by atoms with Crippen LogP contribution in [-0.2, 0) is 0 Å². The van der Waals surface area contributed by atoms with Crippen LogP contribution in [0.3, 0.4) is 0 Å². The Bertz CT molecular complexity index is 157. The van der Waals surface area contributed by atoms with Crippen LogP contribution in [0.4, 0.5) is 0 Å². The van der Waals surface area contributed by atoms with Crippen LogP contribution in [-0.4, -0.2) is 16.7 Å². The Labute approximate surface area is 66.3 Å². The van der Waals surface area contributed by atoms with Gasteiger partial charge in [-0.3, -0.25) is 10.1 Å². The molecule has 4 nitrogen and oxygen atoms in total. The van der Waals surface area contributed by atoms with E-state index in [9.17, 15) is 10.1 Å². The monoisotopic (exact) mass is 158 g/mol. The number of nitrogens with one attached hydrogen (secondary N) is 1. The number of hydrogen-bond donors (Lipinski definition) is 1. The third-order valence-electron chi connectivity index (χ3n) is 1.56. The Kier molecular flexibility index (Phi) is 4.41. The van der Waals surface area contributed by atoms with E-state index in [0.717, 1.165) is 6.42 Å². The van der Waals surface area contributed by atoms with E-state index in [1.807, 2.05) is 6.92 Å². The SMILES string of the molecule is CCCC(=N)C(CC)[N+](=O)[O-]. The molecule has 0 aromatic rings. The first-order chi connectivity index (χ1) is 5.13. The molecule has 4 heteroatoms. The highest BCUT2D eigenvalue weighted by molar-refractivity contribution is 5.85. The van der Waals surface area contributed by atoms with Gasteiger partial charge in [-0.1, -0.05) is 20.3 Å². The Morgan fingerprint density at radius 2 is 2.18 bits per heavy atom. The molecule has 1 atom stereocenters. The molecule has 0 aliphatic rings. The standard InChI is InChI=1S/C7H14N2O2/c1-3-5-6(8)7(4-2)9(10)11/h7-8H,3-5H2,1-2H3. The molecule has 1 N–H and O–H groups in total. The van der Waals surface area contributed by atoms with E-state index in [1.165, 1.54) is 0 Å². The second-order valence-electron chi connectivity index (χ2n) is 2.48. The molecule has 11 heavy (non-hydrogen) atoms. The number of hydrogen-bond acceptors (Lipinski definition) is 3. The molecule has 0 aliphatic heterocycles. The lowest BCUT2D eigenvalue weighted by Crippen LogP contribution is -2.27. The van der Waals surface area contributed by atoms with E-state index in [2.05, 4.69) is 0 Å². The van der Waals surface area contributed by atoms with Gasteiger partial charge in [-0.05, 0) is 6.42 Å². The van der Waals surface area contributed by atoms with Crippen molar-refractivity contribution in [3.8, 4) is 0 Å². The van der Waals surface area contributed by atoms with E-state index in [1.54, 1.807) is 6.92 Å². The molecule has 0 saturated heterocycles. The number of rotatable bonds is 5. The molecule has 0 amide bonds. The molecule has 0 heterocycles. The first-order valence-corrected chi connectivity index (χ1v) is 3.84. The van der Waals surface area contributed by atoms with Crippen LogP contribution in [0, 0.1) is 15.5 Å². The summed E-state index contributed by atoms with van der Waals surface area (Å²) in [7, 11) is 0. The van der Waals surface area contributed by atoms with Crippen LogP contribution < -0.4 is 0 Å². The third-order valence-corrected chi connectivity index (χ3v) is 1.56. The predicted octanol–water partition coefficient (Wildman–Crippen LogP) is 1.86. The molecule has 0 fully saturated rings. The van der Waals surface area contributed by atoms with Crippen LogP contribution >= 0.6 is 0 Å². The highest BCUT2D eigenvalue weighted by Crippen LogP contribution is 2.03. The van der Waals surface area contributed by atoms with Crippen molar-refractivity contribution in [1.29, 1.82) is 5.41 Å². The average Bonchev–Trinajstić information content (AvgIpc) is 1.88. The Morgan fingerprint density at radius 3 is 2.45 bits per heavy atom. The lowest BCUT2D eigenvalue weighted by atomic mass is 10.1. The molecule has 0 rings (SSSR count). The van der Waals surface area contributed by atoms with Gasteiger partial charge in [-0.25, -0.2) is 0 Å². The maximum Gasteiger partial charge on any atom is 0.249 e. The summed E-state index contributed by atoms with van der Waals surface area (Å²) in [6.07, 6.45) is 1.77. The largest absolute Gasteiger partial charge is 0.303 e. The molecule has 64 valence electrons. The molecule has 0 spiro atoms. The summed E-state index contributed by atoms with van der Waals surface area (Å²) in [5.41, 5.74) is 0.250. The van der Waals surface area contributed by atoms with E-state index in [4.69, 9.17) is 5.41 Å². The zero-order chi connectivity index (χ0) is 8.85. The van der Waals surface area contributed by atoms with Gasteiger partial charge in [0.15, 0.2) is 0 Å². The summed E-state index contributed by atoms with van der Waals surface area (Å²) in [4.78, 5) is 9.93. The maximum atomic E-state index is 10.3. The summed E-state index contributed by atoms with van der Waals surface area (Å²) in [5.74, 6) is 0. The first kappa shape index (κ1) is 10.1. The van der Waals surface area contributed by atoms with Crippen molar-refractivity contribution in [3.63, 3.8) is 0 Å². The lowest BCUT2D eigenvalue weighted by Gasteiger charge is -2.06. The van der Waals surface area contributed by atoms with E-state index in [-0.39, 0.29) is 10.6 Å². The minimum Gasteiger partial charge on any atom is -0.303 e. The summed E-state index contributed by atoms with van der Waals surface area (Å²) in [5, 5.41) is 17.6. The fourth-order valence-electron chi connectivity index (χ4n) is 0.959. The minimum absolute atomic E-state index is 0.250. The quantitative estimate of drug-likeness (QED) is 0.377. The summed E-state index contributed by atoms with van der Waals surface area (Å²) >= 11 is 0. The van der Waals surface area contributed by atoms with Crippen molar-refractivity contribution in [3.05, 3.63) is 10.1 Å². The predicted molar refractivity (Wildman–Crippen MR) is 43.7 cm³/mol. The summed E-state index contributed by atoms with van der Waals surface area (Å²) in [6.45, 7) is 3.65.